The molecule has 0 aliphatic carbocycles. The molecular weight excluding hydrogens is 382 g/mol. The van der Waals surface area contributed by atoms with Gasteiger partial charge in [0.1, 0.15) is 5.69 Å². The molecule has 10 heteroatoms. The van der Waals surface area contributed by atoms with E-state index in [2.05, 4.69) is 26.1 Å². The third-order valence-electron chi connectivity index (χ3n) is 4.17. The average Bonchev–Trinajstić information content (AvgIpc) is 3.19. The minimum atomic E-state index is -0.510. The van der Waals surface area contributed by atoms with Crippen LogP contribution in [0, 0.1) is 6.92 Å². The summed E-state index contributed by atoms with van der Waals surface area (Å²) < 4.78 is 3.17. The molecular formula is C18H20ClN7O2. The summed E-state index contributed by atoms with van der Waals surface area (Å²) in [6, 6.07) is 6.25. The molecule has 0 atom stereocenters. The molecule has 0 saturated carbocycles. The monoisotopic (exact) mass is 401 g/mol. The van der Waals surface area contributed by atoms with Crippen LogP contribution in [0.3, 0.4) is 0 Å². The van der Waals surface area contributed by atoms with E-state index in [-0.39, 0.29) is 5.69 Å². The van der Waals surface area contributed by atoms with Gasteiger partial charge in [0, 0.05) is 24.3 Å². The van der Waals surface area contributed by atoms with Crippen LogP contribution >= 0.6 is 11.6 Å². The van der Waals surface area contributed by atoms with Gasteiger partial charge in [0.15, 0.2) is 0 Å². The summed E-state index contributed by atoms with van der Waals surface area (Å²) in [5.41, 5.74) is 2.46. The highest BCUT2D eigenvalue weighted by molar-refractivity contribution is 6.30. The molecule has 3 rings (SSSR count). The molecule has 0 unspecified atom stereocenters. The Labute approximate surface area is 166 Å². The van der Waals surface area contributed by atoms with Crippen LogP contribution in [0.2, 0.25) is 5.02 Å². The van der Waals surface area contributed by atoms with E-state index >= 15 is 0 Å². The van der Waals surface area contributed by atoms with Crippen LogP contribution in [0.15, 0.2) is 36.7 Å². The van der Waals surface area contributed by atoms with Crippen molar-refractivity contribution in [2.75, 3.05) is 16.0 Å². The fraction of sp³-hybridized carbons (Fsp3) is 0.222. The first-order valence-corrected chi connectivity index (χ1v) is 8.96. The number of benzene rings is 1. The molecule has 0 aliphatic rings. The zero-order chi connectivity index (χ0) is 20.3. The van der Waals surface area contributed by atoms with Gasteiger partial charge >= 0.3 is 6.03 Å². The van der Waals surface area contributed by atoms with Crippen LogP contribution in [0.1, 0.15) is 23.1 Å². The number of nitrogens with one attached hydrogen (secondary N) is 3. The second kappa shape index (κ2) is 8.13. The van der Waals surface area contributed by atoms with Crippen molar-refractivity contribution in [3.05, 3.63) is 53.1 Å². The van der Waals surface area contributed by atoms with Crippen LogP contribution < -0.4 is 16.0 Å². The van der Waals surface area contributed by atoms with Crippen molar-refractivity contribution in [2.45, 2.75) is 20.4 Å². The van der Waals surface area contributed by atoms with E-state index in [9.17, 15) is 9.59 Å². The molecule has 3 aromatic rings. The molecule has 0 saturated heterocycles. The summed E-state index contributed by atoms with van der Waals surface area (Å²) in [6.07, 6.45) is 3.00. The number of anilines is 3. The van der Waals surface area contributed by atoms with Crippen LogP contribution in [-0.4, -0.2) is 31.5 Å². The molecule has 0 bridgehead atoms. The maximum Gasteiger partial charge on any atom is 0.323 e. The van der Waals surface area contributed by atoms with E-state index in [0.717, 1.165) is 5.69 Å². The highest BCUT2D eigenvalue weighted by atomic mass is 35.5. The lowest BCUT2D eigenvalue weighted by atomic mass is 10.3. The van der Waals surface area contributed by atoms with Crippen molar-refractivity contribution in [3.8, 4) is 0 Å². The summed E-state index contributed by atoms with van der Waals surface area (Å²) in [6.45, 7) is 4.17. The van der Waals surface area contributed by atoms with Crippen LogP contribution in [-0.2, 0) is 13.6 Å². The van der Waals surface area contributed by atoms with Crippen molar-refractivity contribution in [2.24, 2.45) is 7.05 Å². The maximum atomic E-state index is 12.8. The summed E-state index contributed by atoms with van der Waals surface area (Å²) in [5.74, 6) is -0.395. The fourth-order valence-electron chi connectivity index (χ4n) is 2.61. The van der Waals surface area contributed by atoms with Gasteiger partial charge in [-0.15, -0.1) is 0 Å². The normalized spacial score (nSPS) is 10.6. The lowest BCUT2D eigenvalue weighted by molar-refractivity contribution is 0.101. The zero-order valence-electron chi connectivity index (χ0n) is 15.7. The first-order chi connectivity index (χ1) is 13.4. The Balaban J connectivity index is 1.78. The van der Waals surface area contributed by atoms with Gasteiger partial charge in [-0.3, -0.25) is 14.2 Å². The van der Waals surface area contributed by atoms with Gasteiger partial charge in [-0.25, -0.2) is 4.79 Å². The van der Waals surface area contributed by atoms with E-state index in [1.807, 2.05) is 13.8 Å². The number of rotatable bonds is 5. The molecule has 0 radical (unpaired) electrons. The van der Waals surface area contributed by atoms with E-state index in [1.165, 1.54) is 10.9 Å². The second-order valence-corrected chi connectivity index (χ2v) is 6.47. The van der Waals surface area contributed by atoms with Gasteiger partial charge in [0.05, 0.1) is 29.5 Å². The predicted molar refractivity (Wildman–Crippen MR) is 108 cm³/mol. The van der Waals surface area contributed by atoms with Crippen molar-refractivity contribution >= 4 is 40.6 Å². The molecule has 1 aromatic carbocycles. The quantitative estimate of drug-likeness (QED) is 0.608. The van der Waals surface area contributed by atoms with Crippen LogP contribution in [0.5, 0.6) is 0 Å². The molecule has 28 heavy (non-hydrogen) atoms. The SMILES string of the molecule is CCn1ncc(NC(=O)Nc2cccc(Cl)c2)c1C(=O)Nc1cnn(C)c1C. The number of urea groups is 1. The number of hydrogen-bond donors (Lipinski definition) is 3. The van der Waals surface area contributed by atoms with Crippen molar-refractivity contribution in [1.29, 1.82) is 0 Å². The first kappa shape index (κ1) is 19.4. The molecule has 9 nitrogen and oxygen atoms in total. The number of hydrogen-bond acceptors (Lipinski definition) is 4. The Kier molecular flexibility index (Phi) is 5.65. The maximum absolute atomic E-state index is 12.8. The van der Waals surface area contributed by atoms with Crippen LogP contribution in [0.4, 0.5) is 21.9 Å². The average molecular weight is 402 g/mol. The number of nitrogens with zero attached hydrogens (tertiary/aromatic N) is 4. The third kappa shape index (κ3) is 4.15. The number of carbonyl (C=O) groups excluding carboxylic acids is 2. The molecule has 146 valence electrons. The Hall–Kier alpha value is -3.33. The topological polar surface area (TPSA) is 106 Å². The zero-order valence-corrected chi connectivity index (χ0v) is 16.4. The summed E-state index contributed by atoms with van der Waals surface area (Å²) in [7, 11) is 1.79. The predicted octanol–water partition coefficient (Wildman–Crippen LogP) is 3.49. The minimum Gasteiger partial charge on any atom is -0.318 e. The Morgan fingerprint density at radius 2 is 1.86 bits per heavy atom. The van der Waals surface area contributed by atoms with Gasteiger partial charge in [0.2, 0.25) is 0 Å². The first-order valence-electron chi connectivity index (χ1n) is 8.58. The highest BCUT2D eigenvalue weighted by Gasteiger charge is 2.21. The standard InChI is InChI=1S/C18H20ClN7O2/c1-4-26-16(17(27)23-14-9-20-25(3)11(14)2)15(10-21-26)24-18(28)22-13-7-5-6-12(19)8-13/h5-10H,4H2,1-3H3,(H,23,27)(H2,22,24,28). The Morgan fingerprint density at radius 1 is 1.11 bits per heavy atom. The van der Waals surface area contributed by atoms with E-state index < -0.39 is 11.9 Å². The van der Waals surface area contributed by atoms with Gasteiger partial charge in [-0.05, 0) is 32.0 Å². The van der Waals surface area contributed by atoms with E-state index in [4.69, 9.17) is 11.6 Å². The molecule has 2 heterocycles. The van der Waals surface area contributed by atoms with Gasteiger partial charge in [0.25, 0.3) is 5.91 Å². The van der Waals surface area contributed by atoms with E-state index in [1.54, 1.807) is 42.2 Å². The van der Waals surface area contributed by atoms with Crippen molar-refractivity contribution < 1.29 is 9.59 Å². The highest BCUT2D eigenvalue weighted by Crippen LogP contribution is 2.20. The lowest BCUT2D eigenvalue weighted by Gasteiger charge is -2.11. The second-order valence-electron chi connectivity index (χ2n) is 6.03. The fourth-order valence-corrected chi connectivity index (χ4v) is 2.80. The summed E-state index contributed by atoms with van der Waals surface area (Å²) in [5, 5.41) is 16.9. The molecule has 3 amide bonds. The minimum absolute atomic E-state index is 0.243. The third-order valence-corrected chi connectivity index (χ3v) is 4.40. The van der Waals surface area contributed by atoms with Gasteiger partial charge < -0.3 is 16.0 Å². The number of amides is 3. The van der Waals surface area contributed by atoms with Crippen molar-refractivity contribution in [3.63, 3.8) is 0 Å². The molecule has 0 fully saturated rings. The largest absolute Gasteiger partial charge is 0.323 e. The van der Waals surface area contributed by atoms with Gasteiger partial charge in [-0.1, -0.05) is 17.7 Å². The lowest BCUT2D eigenvalue weighted by Crippen LogP contribution is -2.23. The Bertz CT molecular complexity index is 1020. The number of halogens is 1. The van der Waals surface area contributed by atoms with Crippen molar-refractivity contribution in [1.82, 2.24) is 19.6 Å². The summed E-state index contributed by atoms with van der Waals surface area (Å²) >= 11 is 5.92. The Morgan fingerprint density at radius 3 is 2.50 bits per heavy atom. The number of carbonyl (C=O) groups is 2. The molecule has 0 spiro atoms. The summed E-state index contributed by atoms with van der Waals surface area (Å²) in [4.78, 5) is 25.2. The number of aryl methyl sites for hydroxylation is 2. The van der Waals surface area contributed by atoms with Crippen LogP contribution in [0.25, 0.3) is 0 Å². The number of aromatic nitrogens is 4. The smallest absolute Gasteiger partial charge is 0.318 e. The van der Waals surface area contributed by atoms with E-state index in [0.29, 0.717) is 28.6 Å². The van der Waals surface area contributed by atoms with Gasteiger partial charge in [-0.2, -0.15) is 10.2 Å². The molecule has 0 aliphatic heterocycles. The molecule has 3 N–H and O–H groups in total. The molecule has 2 aromatic heterocycles.